The van der Waals surface area contributed by atoms with Gasteiger partial charge in [0.25, 0.3) is 0 Å². The van der Waals surface area contributed by atoms with Crippen LogP contribution in [0.3, 0.4) is 0 Å². The number of unbranched alkanes of at least 4 members (excludes halogenated alkanes) is 2. The summed E-state index contributed by atoms with van der Waals surface area (Å²) in [6, 6.07) is 4.66. The van der Waals surface area contributed by atoms with E-state index in [1.54, 1.807) is 12.1 Å². The van der Waals surface area contributed by atoms with Crippen LogP contribution in [0.5, 0.6) is 0 Å². The molecule has 0 aromatic heterocycles. The average molecular weight is 257 g/mol. The third-order valence-electron chi connectivity index (χ3n) is 2.25. The van der Waals surface area contributed by atoms with Gasteiger partial charge >= 0.3 is 5.97 Å². The number of nitrogen functional groups attached to an aromatic ring is 1. The molecule has 17 heavy (non-hydrogen) atoms. The highest BCUT2D eigenvalue weighted by atomic mass is 32.2. The second-order valence-corrected chi connectivity index (χ2v) is 4.88. The molecule has 5 heteroatoms. The van der Waals surface area contributed by atoms with Crippen molar-refractivity contribution in [3.8, 4) is 0 Å². The van der Waals surface area contributed by atoms with Gasteiger partial charge in [-0.1, -0.05) is 6.42 Å². The molecule has 0 heterocycles. The van der Waals surface area contributed by atoms with Crippen molar-refractivity contribution in [2.24, 2.45) is 0 Å². The second kappa shape index (κ2) is 7.17. The van der Waals surface area contributed by atoms with E-state index in [4.69, 9.17) is 10.8 Å². The van der Waals surface area contributed by atoms with E-state index >= 15 is 0 Å². The van der Waals surface area contributed by atoms with E-state index in [-0.39, 0.29) is 12.2 Å². The van der Waals surface area contributed by atoms with Crippen LogP contribution in [0.1, 0.15) is 25.7 Å². The summed E-state index contributed by atoms with van der Waals surface area (Å²) in [7, 11) is 0. The van der Waals surface area contributed by atoms with E-state index in [0.29, 0.717) is 17.0 Å². The van der Waals surface area contributed by atoms with Crippen LogP contribution in [0, 0.1) is 5.82 Å². The molecule has 3 N–H and O–H groups in total. The Balaban J connectivity index is 2.20. The van der Waals surface area contributed by atoms with Gasteiger partial charge in [0.1, 0.15) is 5.82 Å². The van der Waals surface area contributed by atoms with Gasteiger partial charge in [0.2, 0.25) is 0 Å². The van der Waals surface area contributed by atoms with Gasteiger partial charge in [0.15, 0.2) is 0 Å². The first-order valence-electron chi connectivity index (χ1n) is 5.49. The van der Waals surface area contributed by atoms with Crippen molar-refractivity contribution in [1.29, 1.82) is 0 Å². The van der Waals surface area contributed by atoms with Crippen LogP contribution in [0.15, 0.2) is 23.1 Å². The zero-order valence-corrected chi connectivity index (χ0v) is 10.3. The Hall–Kier alpha value is -1.23. The minimum atomic E-state index is -0.762. The molecule has 0 bridgehead atoms. The predicted molar refractivity (Wildman–Crippen MR) is 67.6 cm³/mol. The number of carbonyl (C=O) groups is 1. The number of carboxylic acids is 1. The van der Waals surface area contributed by atoms with E-state index in [1.807, 2.05) is 0 Å². The summed E-state index contributed by atoms with van der Waals surface area (Å²) in [5.41, 5.74) is 5.87. The maximum atomic E-state index is 13.4. The molecule has 0 amide bonds. The molecule has 94 valence electrons. The molecule has 1 rings (SSSR count). The van der Waals surface area contributed by atoms with Crippen molar-refractivity contribution in [2.75, 3.05) is 11.5 Å². The third-order valence-corrected chi connectivity index (χ3v) is 3.38. The zero-order valence-electron chi connectivity index (χ0n) is 9.49. The number of rotatable bonds is 7. The molecule has 1 aromatic carbocycles. The van der Waals surface area contributed by atoms with Gasteiger partial charge in [0, 0.05) is 17.0 Å². The third kappa shape index (κ3) is 5.58. The van der Waals surface area contributed by atoms with Crippen LogP contribution >= 0.6 is 11.8 Å². The molecular weight excluding hydrogens is 241 g/mol. The number of hydrogen-bond acceptors (Lipinski definition) is 3. The molecule has 0 fully saturated rings. The van der Waals surface area contributed by atoms with Crippen molar-refractivity contribution in [3.63, 3.8) is 0 Å². The van der Waals surface area contributed by atoms with Gasteiger partial charge in [-0.25, -0.2) is 4.39 Å². The van der Waals surface area contributed by atoms with Crippen LogP contribution in [0.4, 0.5) is 10.1 Å². The maximum Gasteiger partial charge on any atom is 0.303 e. The summed E-state index contributed by atoms with van der Waals surface area (Å²) in [5, 5.41) is 8.44. The number of nitrogens with two attached hydrogens (primary N) is 1. The summed E-state index contributed by atoms with van der Waals surface area (Å²) in [6.45, 7) is 0. The fraction of sp³-hybridized carbons (Fsp3) is 0.417. The van der Waals surface area contributed by atoms with E-state index < -0.39 is 5.97 Å². The van der Waals surface area contributed by atoms with Gasteiger partial charge in [-0.05, 0) is 36.8 Å². The Morgan fingerprint density at radius 2 is 2.12 bits per heavy atom. The van der Waals surface area contributed by atoms with Crippen molar-refractivity contribution in [1.82, 2.24) is 0 Å². The quantitative estimate of drug-likeness (QED) is 0.447. The van der Waals surface area contributed by atoms with Crippen molar-refractivity contribution in [2.45, 2.75) is 30.6 Å². The summed E-state index contributed by atoms with van der Waals surface area (Å²) in [4.78, 5) is 10.9. The number of anilines is 1. The van der Waals surface area contributed by atoms with E-state index in [9.17, 15) is 9.18 Å². The Labute approximate surface area is 104 Å². The van der Waals surface area contributed by atoms with Crippen LogP contribution in [0.25, 0.3) is 0 Å². The molecule has 0 spiro atoms. The molecular formula is C12H16FNO2S. The maximum absolute atomic E-state index is 13.4. The first-order chi connectivity index (χ1) is 8.09. The van der Waals surface area contributed by atoms with Crippen LogP contribution in [-0.2, 0) is 4.79 Å². The van der Waals surface area contributed by atoms with Gasteiger partial charge in [-0.15, -0.1) is 11.8 Å². The second-order valence-electron chi connectivity index (χ2n) is 3.74. The molecule has 0 saturated carbocycles. The highest BCUT2D eigenvalue weighted by molar-refractivity contribution is 7.99. The topological polar surface area (TPSA) is 63.3 Å². The Morgan fingerprint density at radius 3 is 2.76 bits per heavy atom. The van der Waals surface area contributed by atoms with Crippen LogP contribution < -0.4 is 5.73 Å². The molecule has 0 saturated heterocycles. The summed E-state index contributed by atoms with van der Waals surface area (Å²) < 4.78 is 13.4. The molecule has 0 aliphatic rings. The van der Waals surface area contributed by atoms with E-state index in [0.717, 1.165) is 18.6 Å². The van der Waals surface area contributed by atoms with E-state index in [1.165, 1.54) is 17.8 Å². The lowest BCUT2D eigenvalue weighted by Gasteiger charge is -2.03. The summed E-state index contributed by atoms with van der Waals surface area (Å²) in [5.74, 6) is -0.261. The number of thioether (sulfide) groups is 1. The van der Waals surface area contributed by atoms with Gasteiger partial charge in [-0.3, -0.25) is 4.79 Å². The van der Waals surface area contributed by atoms with Crippen molar-refractivity contribution in [3.05, 3.63) is 24.0 Å². The Bertz CT molecular complexity index is 385. The van der Waals surface area contributed by atoms with Crippen LogP contribution in [0.2, 0.25) is 0 Å². The minimum Gasteiger partial charge on any atom is -0.481 e. The van der Waals surface area contributed by atoms with Gasteiger partial charge in [-0.2, -0.15) is 0 Å². The summed E-state index contributed by atoms with van der Waals surface area (Å²) >= 11 is 1.44. The highest BCUT2D eigenvalue weighted by Gasteiger charge is 2.03. The lowest BCUT2D eigenvalue weighted by Crippen LogP contribution is -1.94. The normalized spacial score (nSPS) is 10.4. The number of hydrogen-bond donors (Lipinski definition) is 2. The van der Waals surface area contributed by atoms with Crippen molar-refractivity contribution < 1.29 is 14.3 Å². The minimum absolute atomic E-state index is 0.209. The number of aliphatic carboxylic acids is 1. The first-order valence-corrected chi connectivity index (χ1v) is 6.48. The SMILES string of the molecule is Nc1ccc(SCCCCCC(=O)O)c(F)c1. The van der Waals surface area contributed by atoms with Crippen molar-refractivity contribution >= 4 is 23.4 Å². The lowest BCUT2D eigenvalue weighted by molar-refractivity contribution is -0.137. The van der Waals surface area contributed by atoms with E-state index in [2.05, 4.69) is 0 Å². The predicted octanol–water partition coefficient (Wildman–Crippen LogP) is 3.15. The van der Waals surface area contributed by atoms with Gasteiger partial charge < -0.3 is 10.8 Å². The molecule has 0 unspecified atom stereocenters. The fourth-order valence-electron chi connectivity index (χ4n) is 1.37. The highest BCUT2D eigenvalue weighted by Crippen LogP contribution is 2.24. The Morgan fingerprint density at radius 1 is 1.35 bits per heavy atom. The molecule has 0 atom stereocenters. The number of carboxylic acid groups (broad SMARTS) is 1. The first kappa shape index (κ1) is 13.8. The van der Waals surface area contributed by atoms with Crippen LogP contribution in [-0.4, -0.2) is 16.8 Å². The molecule has 1 aromatic rings. The smallest absolute Gasteiger partial charge is 0.303 e. The largest absolute Gasteiger partial charge is 0.481 e. The molecule has 0 aliphatic heterocycles. The Kier molecular flexibility index (Phi) is 5.83. The molecule has 3 nitrogen and oxygen atoms in total. The van der Waals surface area contributed by atoms with Gasteiger partial charge in [0.05, 0.1) is 0 Å². The summed E-state index contributed by atoms with van der Waals surface area (Å²) in [6.07, 6.45) is 2.64. The monoisotopic (exact) mass is 257 g/mol. The average Bonchev–Trinajstić information content (AvgIpc) is 2.25. The lowest BCUT2D eigenvalue weighted by atomic mass is 10.2. The zero-order chi connectivity index (χ0) is 12.7. The number of benzene rings is 1. The molecule has 0 aliphatic carbocycles. The molecule has 0 radical (unpaired) electrons. The standard InChI is InChI=1S/C12H16FNO2S/c13-10-8-9(14)5-6-11(10)17-7-3-1-2-4-12(15)16/h5-6,8H,1-4,7,14H2,(H,15,16). The fourth-order valence-corrected chi connectivity index (χ4v) is 2.30. The number of halogens is 1.